The van der Waals surface area contributed by atoms with E-state index in [1.165, 1.54) is 5.56 Å². The maximum atomic E-state index is 9.85. The van der Waals surface area contributed by atoms with E-state index in [9.17, 15) is 5.11 Å². The normalized spacial score (nSPS) is 12.3. The molecule has 2 aromatic rings. The van der Waals surface area contributed by atoms with Gasteiger partial charge in [0, 0.05) is 12.6 Å². The average Bonchev–Trinajstić information content (AvgIpc) is 2.98. The lowest BCUT2D eigenvalue weighted by atomic mass is 10.2. The van der Waals surface area contributed by atoms with Crippen LogP contribution in [0.3, 0.4) is 0 Å². The standard InChI is InChI=1S/C15H17Cl2NO2S/c16-14-2-1-13(7-15(14)17)20-9-12(19)8-18-5-3-11-4-6-21-10-11/h1-2,4,6-7,10,12,18-19H,3,5,8-9H2. The second-order valence-electron chi connectivity index (χ2n) is 4.63. The highest BCUT2D eigenvalue weighted by molar-refractivity contribution is 7.07. The third-order valence-corrected chi connectivity index (χ3v) is 4.36. The molecule has 1 aromatic heterocycles. The number of hydrogen-bond donors (Lipinski definition) is 2. The molecule has 1 heterocycles. The molecular weight excluding hydrogens is 329 g/mol. The molecule has 0 aliphatic heterocycles. The molecule has 0 radical (unpaired) electrons. The smallest absolute Gasteiger partial charge is 0.121 e. The molecule has 6 heteroatoms. The lowest BCUT2D eigenvalue weighted by molar-refractivity contribution is 0.106. The molecule has 1 unspecified atom stereocenters. The number of halogens is 2. The first-order valence-electron chi connectivity index (χ1n) is 6.63. The molecule has 3 nitrogen and oxygen atoms in total. The summed E-state index contributed by atoms with van der Waals surface area (Å²) in [6.45, 7) is 1.54. The van der Waals surface area contributed by atoms with E-state index in [0.29, 0.717) is 22.3 Å². The number of hydrogen-bond acceptors (Lipinski definition) is 4. The summed E-state index contributed by atoms with van der Waals surface area (Å²) in [4.78, 5) is 0. The molecule has 0 bridgehead atoms. The Morgan fingerprint density at radius 1 is 1.24 bits per heavy atom. The van der Waals surface area contributed by atoms with Crippen molar-refractivity contribution >= 4 is 34.5 Å². The van der Waals surface area contributed by atoms with E-state index < -0.39 is 6.10 Å². The number of nitrogens with one attached hydrogen (secondary N) is 1. The molecule has 0 saturated heterocycles. The summed E-state index contributed by atoms with van der Waals surface area (Å²) in [6.07, 6.45) is 0.395. The first-order valence-corrected chi connectivity index (χ1v) is 8.32. The molecule has 0 aliphatic rings. The van der Waals surface area contributed by atoms with Gasteiger partial charge in [0.1, 0.15) is 18.5 Å². The van der Waals surface area contributed by atoms with E-state index >= 15 is 0 Å². The van der Waals surface area contributed by atoms with Crippen molar-refractivity contribution in [1.82, 2.24) is 5.32 Å². The highest BCUT2D eigenvalue weighted by atomic mass is 35.5. The van der Waals surface area contributed by atoms with Gasteiger partial charge in [0.05, 0.1) is 10.0 Å². The van der Waals surface area contributed by atoms with Gasteiger partial charge in [-0.05, 0) is 47.5 Å². The van der Waals surface area contributed by atoms with E-state index in [-0.39, 0.29) is 6.61 Å². The van der Waals surface area contributed by atoms with Crippen LogP contribution in [0.1, 0.15) is 5.56 Å². The first kappa shape index (κ1) is 16.6. The molecule has 1 aromatic carbocycles. The number of rotatable bonds is 8. The molecule has 21 heavy (non-hydrogen) atoms. The molecule has 0 saturated carbocycles. The highest BCUT2D eigenvalue weighted by Gasteiger charge is 2.06. The Morgan fingerprint density at radius 2 is 2.10 bits per heavy atom. The van der Waals surface area contributed by atoms with E-state index in [4.69, 9.17) is 27.9 Å². The van der Waals surface area contributed by atoms with Crippen LogP contribution in [0, 0.1) is 0 Å². The van der Waals surface area contributed by atoms with Gasteiger partial charge < -0.3 is 15.2 Å². The Hall–Kier alpha value is -0.780. The molecule has 0 spiro atoms. The van der Waals surface area contributed by atoms with Crippen molar-refractivity contribution in [1.29, 1.82) is 0 Å². The fourth-order valence-electron chi connectivity index (χ4n) is 1.75. The Balaban J connectivity index is 1.62. The molecule has 2 N–H and O–H groups in total. The predicted octanol–water partition coefficient (Wildman–Crippen LogP) is 3.63. The van der Waals surface area contributed by atoms with Crippen LogP contribution in [0.25, 0.3) is 0 Å². The Kier molecular flexibility index (Phi) is 6.80. The van der Waals surface area contributed by atoms with Crippen LogP contribution >= 0.6 is 34.5 Å². The van der Waals surface area contributed by atoms with Crippen molar-refractivity contribution in [3.8, 4) is 5.75 Å². The van der Waals surface area contributed by atoms with Crippen molar-refractivity contribution in [3.05, 3.63) is 50.6 Å². The van der Waals surface area contributed by atoms with Gasteiger partial charge in [-0.15, -0.1) is 0 Å². The largest absolute Gasteiger partial charge is 0.491 e. The fourth-order valence-corrected chi connectivity index (χ4v) is 2.75. The van der Waals surface area contributed by atoms with Crippen LogP contribution in [-0.4, -0.2) is 30.9 Å². The van der Waals surface area contributed by atoms with Crippen molar-refractivity contribution in [3.63, 3.8) is 0 Å². The summed E-state index contributed by atoms with van der Waals surface area (Å²) in [7, 11) is 0. The monoisotopic (exact) mass is 345 g/mol. The van der Waals surface area contributed by atoms with Gasteiger partial charge in [-0.1, -0.05) is 23.2 Å². The zero-order chi connectivity index (χ0) is 15.1. The molecule has 1 atom stereocenters. The highest BCUT2D eigenvalue weighted by Crippen LogP contribution is 2.26. The molecule has 114 valence electrons. The second-order valence-corrected chi connectivity index (χ2v) is 6.22. The van der Waals surface area contributed by atoms with E-state index in [1.807, 2.05) is 0 Å². The van der Waals surface area contributed by atoms with Gasteiger partial charge in [-0.3, -0.25) is 0 Å². The van der Waals surface area contributed by atoms with Crippen LogP contribution in [0.4, 0.5) is 0 Å². The van der Waals surface area contributed by atoms with E-state index in [0.717, 1.165) is 13.0 Å². The lowest BCUT2D eigenvalue weighted by Crippen LogP contribution is -2.32. The summed E-state index contributed by atoms with van der Waals surface area (Å²) in [5.74, 6) is 0.599. The molecular formula is C15H17Cl2NO2S. The zero-order valence-electron chi connectivity index (χ0n) is 11.4. The zero-order valence-corrected chi connectivity index (χ0v) is 13.7. The van der Waals surface area contributed by atoms with Crippen molar-refractivity contribution in [2.24, 2.45) is 0 Å². The number of aliphatic hydroxyl groups excluding tert-OH is 1. The summed E-state index contributed by atoms with van der Waals surface area (Å²) in [5, 5.41) is 18.2. The molecule has 0 amide bonds. The van der Waals surface area contributed by atoms with Crippen LogP contribution < -0.4 is 10.1 Å². The Bertz CT molecular complexity index is 549. The molecule has 0 fully saturated rings. The van der Waals surface area contributed by atoms with Crippen LogP contribution in [0.5, 0.6) is 5.75 Å². The predicted molar refractivity (Wildman–Crippen MR) is 88.9 cm³/mol. The SMILES string of the molecule is OC(CNCCc1ccsc1)COc1ccc(Cl)c(Cl)c1. The van der Waals surface area contributed by atoms with Gasteiger partial charge >= 0.3 is 0 Å². The number of thiophene rings is 1. The van der Waals surface area contributed by atoms with Gasteiger partial charge in [0.15, 0.2) is 0 Å². The number of ether oxygens (including phenoxy) is 1. The molecule has 2 rings (SSSR count). The number of aliphatic hydroxyl groups is 1. The van der Waals surface area contributed by atoms with Gasteiger partial charge in [0.2, 0.25) is 0 Å². The summed E-state index contributed by atoms with van der Waals surface area (Å²) >= 11 is 13.4. The third kappa shape index (κ3) is 5.85. The quantitative estimate of drug-likeness (QED) is 0.718. The Morgan fingerprint density at radius 3 is 2.81 bits per heavy atom. The minimum absolute atomic E-state index is 0.212. The van der Waals surface area contributed by atoms with Crippen LogP contribution in [-0.2, 0) is 6.42 Å². The van der Waals surface area contributed by atoms with E-state index in [1.54, 1.807) is 29.5 Å². The average molecular weight is 346 g/mol. The fraction of sp³-hybridized carbons (Fsp3) is 0.333. The maximum absolute atomic E-state index is 9.85. The molecule has 0 aliphatic carbocycles. The minimum Gasteiger partial charge on any atom is -0.491 e. The lowest BCUT2D eigenvalue weighted by Gasteiger charge is -2.13. The van der Waals surface area contributed by atoms with Gasteiger partial charge in [-0.2, -0.15) is 11.3 Å². The number of benzene rings is 1. The summed E-state index contributed by atoms with van der Waals surface area (Å²) < 4.78 is 5.48. The first-order chi connectivity index (χ1) is 10.1. The van der Waals surface area contributed by atoms with Crippen LogP contribution in [0.15, 0.2) is 35.0 Å². The van der Waals surface area contributed by atoms with E-state index in [2.05, 4.69) is 22.1 Å². The van der Waals surface area contributed by atoms with Crippen molar-refractivity contribution in [2.75, 3.05) is 19.7 Å². The van der Waals surface area contributed by atoms with Gasteiger partial charge in [-0.25, -0.2) is 0 Å². The topological polar surface area (TPSA) is 41.5 Å². The van der Waals surface area contributed by atoms with Crippen LogP contribution in [0.2, 0.25) is 10.0 Å². The van der Waals surface area contributed by atoms with Gasteiger partial charge in [0.25, 0.3) is 0 Å². The minimum atomic E-state index is -0.568. The summed E-state index contributed by atoms with van der Waals surface area (Å²) in [6, 6.07) is 7.15. The summed E-state index contributed by atoms with van der Waals surface area (Å²) in [5.41, 5.74) is 1.31. The van der Waals surface area contributed by atoms with Crippen molar-refractivity contribution in [2.45, 2.75) is 12.5 Å². The maximum Gasteiger partial charge on any atom is 0.121 e. The third-order valence-electron chi connectivity index (χ3n) is 2.88. The second kappa shape index (κ2) is 8.61. The van der Waals surface area contributed by atoms with Crippen molar-refractivity contribution < 1.29 is 9.84 Å². The Labute approximate surface area is 138 Å².